The maximum Gasteiger partial charge on any atom is 0.269 e. The van der Waals surface area contributed by atoms with Crippen molar-refractivity contribution in [3.63, 3.8) is 0 Å². The molecule has 30 heavy (non-hydrogen) atoms. The summed E-state index contributed by atoms with van der Waals surface area (Å²) >= 11 is 12.5. The van der Waals surface area contributed by atoms with E-state index in [4.69, 9.17) is 23.2 Å². The van der Waals surface area contributed by atoms with Crippen LogP contribution in [0.2, 0.25) is 10.0 Å². The average molecular weight is 438 g/mol. The van der Waals surface area contributed by atoms with Gasteiger partial charge in [-0.05, 0) is 54.1 Å². The van der Waals surface area contributed by atoms with E-state index >= 15 is 0 Å². The molecular weight excluding hydrogens is 425 g/mol. The molecule has 1 aromatic heterocycles. The van der Waals surface area contributed by atoms with Crippen LogP contribution in [0.1, 0.15) is 11.4 Å². The molecular formula is C22H13Cl2N3O3. The number of non-ortho nitro benzene ring substituents is 1. The molecule has 0 fully saturated rings. The molecule has 0 saturated carbocycles. The van der Waals surface area contributed by atoms with Crippen molar-refractivity contribution in [2.24, 2.45) is 0 Å². The third-order valence-electron chi connectivity index (χ3n) is 4.48. The molecule has 0 aliphatic heterocycles. The van der Waals surface area contributed by atoms with Crippen molar-refractivity contribution in [3.8, 4) is 5.69 Å². The molecule has 8 heteroatoms. The van der Waals surface area contributed by atoms with E-state index in [0.29, 0.717) is 38.0 Å². The van der Waals surface area contributed by atoms with Gasteiger partial charge in [0.2, 0.25) is 0 Å². The number of para-hydroxylation sites is 1. The van der Waals surface area contributed by atoms with Crippen molar-refractivity contribution in [3.05, 3.63) is 109 Å². The highest BCUT2D eigenvalue weighted by atomic mass is 35.5. The number of rotatable bonds is 4. The summed E-state index contributed by atoms with van der Waals surface area (Å²) in [5, 5.41) is 12.1. The lowest BCUT2D eigenvalue weighted by Crippen LogP contribution is -2.22. The molecule has 0 unspecified atom stereocenters. The van der Waals surface area contributed by atoms with Crippen LogP contribution in [-0.2, 0) is 0 Å². The summed E-state index contributed by atoms with van der Waals surface area (Å²) in [6.45, 7) is 0. The van der Waals surface area contributed by atoms with E-state index in [1.165, 1.54) is 16.7 Å². The number of aromatic nitrogens is 2. The summed E-state index contributed by atoms with van der Waals surface area (Å²) in [5.74, 6) is 0.348. The van der Waals surface area contributed by atoms with E-state index in [1.54, 1.807) is 66.7 Å². The lowest BCUT2D eigenvalue weighted by molar-refractivity contribution is -0.384. The van der Waals surface area contributed by atoms with Crippen LogP contribution in [0.15, 0.2) is 71.5 Å². The fourth-order valence-corrected chi connectivity index (χ4v) is 3.40. The molecule has 0 saturated heterocycles. The molecule has 0 spiro atoms. The fraction of sp³-hybridized carbons (Fsp3) is 0. The summed E-state index contributed by atoms with van der Waals surface area (Å²) in [6, 6.07) is 17.9. The second-order valence-electron chi connectivity index (χ2n) is 6.41. The number of hydrogen-bond donors (Lipinski definition) is 0. The summed E-state index contributed by atoms with van der Waals surface area (Å²) in [6.07, 6.45) is 3.38. The largest absolute Gasteiger partial charge is 0.269 e. The first kappa shape index (κ1) is 19.8. The Morgan fingerprint density at radius 3 is 2.43 bits per heavy atom. The van der Waals surface area contributed by atoms with Gasteiger partial charge in [-0.25, -0.2) is 4.98 Å². The standard InChI is InChI=1S/C22H13Cl2N3O3/c23-15-8-11-18(24)20(13-15)26-21(25-19-4-2-1-3-17(19)22(26)28)12-7-14-5-9-16(10-6-14)27(29)30/h1-13H. The molecule has 148 valence electrons. The van der Waals surface area contributed by atoms with Crippen LogP contribution >= 0.6 is 23.2 Å². The Hall–Kier alpha value is -3.48. The third-order valence-corrected chi connectivity index (χ3v) is 5.03. The normalized spacial score (nSPS) is 11.3. The smallest absolute Gasteiger partial charge is 0.268 e. The highest BCUT2D eigenvalue weighted by molar-refractivity contribution is 6.34. The number of hydrogen-bond acceptors (Lipinski definition) is 4. The Bertz CT molecular complexity index is 1360. The zero-order chi connectivity index (χ0) is 21.3. The maximum atomic E-state index is 13.3. The second kappa shape index (κ2) is 8.10. The molecule has 3 aromatic carbocycles. The fourth-order valence-electron chi connectivity index (χ4n) is 3.03. The Labute approximate surface area is 180 Å². The second-order valence-corrected chi connectivity index (χ2v) is 7.25. The summed E-state index contributed by atoms with van der Waals surface area (Å²) in [5.41, 5.74) is 1.38. The van der Waals surface area contributed by atoms with Crippen LogP contribution in [0.25, 0.3) is 28.7 Å². The van der Waals surface area contributed by atoms with E-state index in [1.807, 2.05) is 0 Å². The van der Waals surface area contributed by atoms with Gasteiger partial charge in [0.05, 0.1) is 26.5 Å². The van der Waals surface area contributed by atoms with Crippen molar-refractivity contribution < 1.29 is 4.92 Å². The zero-order valence-corrected chi connectivity index (χ0v) is 16.8. The number of nitro benzene ring substituents is 1. The molecule has 0 aliphatic rings. The lowest BCUT2D eigenvalue weighted by Gasteiger charge is -2.13. The highest BCUT2D eigenvalue weighted by Crippen LogP contribution is 2.25. The first-order chi connectivity index (χ1) is 14.4. The topological polar surface area (TPSA) is 78.0 Å². The average Bonchev–Trinajstić information content (AvgIpc) is 2.74. The Morgan fingerprint density at radius 2 is 1.70 bits per heavy atom. The molecule has 0 N–H and O–H groups in total. The van der Waals surface area contributed by atoms with Crippen LogP contribution in [0.4, 0.5) is 5.69 Å². The monoisotopic (exact) mass is 437 g/mol. The van der Waals surface area contributed by atoms with Gasteiger partial charge < -0.3 is 0 Å². The van der Waals surface area contributed by atoms with Crippen molar-refractivity contribution in [2.75, 3.05) is 0 Å². The molecule has 1 heterocycles. The minimum atomic E-state index is -0.461. The van der Waals surface area contributed by atoms with Crippen molar-refractivity contribution in [1.29, 1.82) is 0 Å². The highest BCUT2D eigenvalue weighted by Gasteiger charge is 2.14. The van der Waals surface area contributed by atoms with Gasteiger partial charge in [0.1, 0.15) is 5.82 Å². The van der Waals surface area contributed by atoms with Gasteiger partial charge >= 0.3 is 0 Å². The predicted molar refractivity (Wildman–Crippen MR) is 119 cm³/mol. The van der Waals surface area contributed by atoms with Gasteiger partial charge in [-0.15, -0.1) is 0 Å². The quantitative estimate of drug-likeness (QED) is 0.299. The van der Waals surface area contributed by atoms with Gasteiger partial charge in [0, 0.05) is 17.2 Å². The first-order valence-electron chi connectivity index (χ1n) is 8.84. The Morgan fingerprint density at radius 1 is 0.967 bits per heavy atom. The molecule has 6 nitrogen and oxygen atoms in total. The Kier molecular flexibility index (Phi) is 5.35. The van der Waals surface area contributed by atoms with E-state index in [9.17, 15) is 14.9 Å². The summed E-state index contributed by atoms with van der Waals surface area (Å²) < 4.78 is 1.40. The number of fused-ring (bicyclic) bond motifs is 1. The van der Waals surface area contributed by atoms with Crippen molar-refractivity contribution in [2.45, 2.75) is 0 Å². The van der Waals surface area contributed by atoms with Gasteiger partial charge in [-0.1, -0.05) is 41.4 Å². The van der Waals surface area contributed by atoms with Gasteiger partial charge in [0.25, 0.3) is 11.2 Å². The van der Waals surface area contributed by atoms with E-state index in [-0.39, 0.29) is 11.2 Å². The van der Waals surface area contributed by atoms with Crippen LogP contribution in [0.3, 0.4) is 0 Å². The minimum Gasteiger partial charge on any atom is -0.268 e. The zero-order valence-electron chi connectivity index (χ0n) is 15.3. The minimum absolute atomic E-state index is 0.00130. The van der Waals surface area contributed by atoms with Gasteiger partial charge in [0.15, 0.2) is 0 Å². The number of nitrogens with zero attached hydrogens (tertiary/aromatic N) is 3. The number of halogens is 2. The van der Waals surface area contributed by atoms with Crippen LogP contribution in [0, 0.1) is 10.1 Å². The summed E-state index contributed by atoms with van der Waals surface area (Å²) in [7, 11) is 0. The van der Waals surface area contributed by atoms with Crippen LogP contribution in [0.5, 0.6) is 0 Å². The van der Waals surface area contributed by atoms with E-state index in [2.05, 4.69) is 4.98 Å². The van der Waals surface area contributed by atoms with E-state index in [0.717, 1.165) is 0 Å². The molecule has 0 amide bonds. The predicted octanol–water partition coefficient (Wildman–Crippen LogP) is 5.77. The lowest BCUT2D eigenvalue weighted by atomic mass is 10.2. The van der Waals surface area contributed by atoms with Crippen molar-refractivity contribution in [1.82, 2.24) is 9.55 Å². The Balaban J connectivity index is 1.91. The van der Waals surface area contributed by atoms with Crippen LogP contribution < -0.4 is 5.56 Å². The molecule has 0 atom stereocenters. The van der Waals surface area contributed by atoms with Crippen molar-refractivity contribution >= 4 is 51.9 Å². The van der Waals surface area contributed by atoms with Crippen LogP contribution in [-0.4, -0.2) is 14.5 Å². The van der Waals surface area contributed by atoms with Gasteiger partial charge in [-0.2, -0.15) is 0 Å². The number of nitro groups is 1. The van der Waals surface area contributed by atoms with Gasteiger partial charge in [-0.3, -0.25) is 19.5 Å². The molecule has 0 aliphatic carbocycles. The summed E-state index contributed by atoms with van der Waals surface area (Å²) in [4.78, 5) is 28.2. The molecule has 0 radical (unpaired) electrons. The third kappa shape index (κ3) is 3.83. The first-order valence-corrected chi connectivity index (χ1v) is 9.59. The number of benzene rings is 3. The molecule has 4 aromatic rings. The SMILES string of the molecule is O=c1c2ccccc2nc(C=Cc2ccc([N+](=O)[O-])cc2)n1-c1cc(Cl)ccc1Cl. The molecule has 0 bridgehead atoms. The van der Waals surface area contributed by atoms with E-state index < -0.39 is 4.92 Å². The molecule has 4 rings (SSSR count). The maximum absolute atomic E-state index is 13.3.